The van der Waals surface area contributed by atoms with E-state index in [9.17, 15) is 17.2 Å². The summed E-state index contributed by atoms with van der Waals surface area (Å²) in [5.41, 5.74) is 5.10. The Morgan fingerprint density at radius 1 is 1.31 bits per heavy atom. The molecule has 0 aromatic heterocycles. The van der Waals surface area contributed by atoms with Crippen molar-refractivity contribution in [3.63, 3.8) is 0 Å². The fourth-order valence-electron chi connectivity index (χ4n) is 0.981. The van der Waals surface area contributed by atoms with Crippen LogP contribution in [-0.2, 0) is 10.0 Å². The van der Waals surface area contributed by atoms with Crippen molar-refractivity contribution < 1.29 is 17.2 Å². The van der Waals surface area contributed by atoms with Crippen molar-refractivity contribution in [1.82, 2.24) is 4.72 Å². The summed E-state index contributed by atoms with van der Waals surface area (Å²) in [4.78, 5) is -0.735. The number of rotatable bonds is 4. The van der Waals surface area contributed by atoms with Gasteiger partial charge in [0.15, 0.2) is 0 Å². The quantitative estimate of drug-likeness (QED) is 0.813. The van der Waals surface area contributed by atoms with Crippen LogP contribution in [0.25, 0.3) is 0 Å². The second kappa shape index (κ2) is 5.17. The third-order valence-corrected chi connectivity index (χ3v) is 3.78. The van der Waals surface area contributed by atoms with Gasteiger partial charge in [-0.3, -0.25) is 0 Å². The molecule has 16 heavy (non-hydrogen) atoms. The van der Waals surface area contributed by atoms with Crippen LogP contribution in [0.5, 0.6) is 0 Å². The summed E-state index contributed by atoms with van der Waals surface area (Å²) < 4.78 is 51.3. The van der Waals surface area contributed by atoms with Gasteiger partial charge in [0.05, 0.1) is 4.47 Å². The van der Waals surface area contributed by atoms with Crippen LogP contribution in [0.3, 0.4) is 0 Å². The normalized spacial score (nSPS) is 11.8. The molecule has 0 saturated heterocycles. The number of hydrogen-bond acceptors (Lipinski definition) is 3. The molecule has 4 nitrogen and oxygen atoms in total. The Hall–Kier alpha value is -0.570. The first-order valence-corrected chi connectivity index (χ1v) is 6.50. The molecule has 0 atom stereocenters. The van der Waals surface area contributed by atoms with Crippen LogP contribution < -0.4 is 10.5 Å². The monoisotopic (exact) mass is 314 g/mol. The average Bonchev–Trinajstić information content (AvgIpc) is 2.20. The van der Waals surface area contributed by atoms with Crippen molar-refractivity contribution in [2.75, 3.05) is 13.1 Å². The van der Waals surface area contributed by atoms with Crippen LogP contribution in [0.1, 0.15) is 0 Å². The second-order valence-electron chi connectivity index (χ2n) is 2.88. The number of halogens is 3. The first kappa shape index (κ1) is 13.5. The maximum absolute atomic E-state index is 13.3. The zero-order valence-electron chi connectivity index (χ0n) is 8.00. The van der Waals surface area contributed by atoms with Gasteiger partial charge in [-0.2, -0.15) is 0 Å². The van der Waals surface area contributed by atoms with Gasteiger partial charge in [-0.1, -0.05) is 0 Å². The van der Waals surface area contributed by atoms with Crippen molar-refractivity contribution in [2.45, 2.75) is 4.90 Å². The molecule has 0 fully saturated rings. The Balaban J connectivity index is 3.18. The molecule has 0 heterocycles. The van der Waals surface area contributed by atoms with E-state index in [2.05, 4.69) is 15.9 Å². The van der Waals surface area contributed by atoms with Crippen LogP contribution in [0.4, 0.5) is 8.78 Å². The minimum atomic E-state index is -4.06. The number of sulfonamides is 1. The van der Waals surface area contributed by atoms with Crippen LogP contribution in [0.15, 0.2) is 21.5 Å². The Morgan fingerprint density at radius 2 is 1.94 bits per heavy atom. The number of nitrogens with one attached hydrogen (secondary N) is 1. The zero-order chi connectivity index (χ0) is 12.3. The summed E-state index contributed by atoms with van der Waals surface area (Å²) in [7, 11) is -4.06. The third-order valence-electron chi connectivity index (χ3n) is 1.70. The lowest BCUT2D eigenvalue weighted by Crippen LogP contribution is -2.29. The van der Waals surface area contributed by atoms with Crippen LogP contribution >= 0.6 is 15.9 Å². The van der Waals surface area contributed by atoms with Gasteiger partial charge in [-0.05, 0) is 28.1 Å². The lowest BCUT2D eigenvalue weighted by Gasteiger charge is -2.07. The van der Waals surface area contributed by atoms with E-state index >= 15 is 0 Å². The summed E-state index contributed by atoms with van der Waals surface area (Å²) >= 11 is 2.75. The highest BCUT2D eigenvalue weighted by molar-refractivity contribution is 9.10. The van der Waals surface area contributed by atoms with Crippen LogP contribution in [0.2, 0.25) is 0 Å². The molecule has 1 aromatic carbocycles. The minimum Gasteiger partial charge on any atom is -0.329 e. The van der Waals surface area contributed by atoms with E-state index in [-0.39, 0.29) is 17.6 Å². The van der Waals surface area contributed by atoms with Crippen molar-refractivity contribution in [2.24, 2.45) is 5.73 Å². The molecular weight excluding hydrogens is 306 g/mol. The minimum absolute atomic E-state index is 0.0422. The molecule has 0 saturated carbocycles. The molecule has 0 bridgehead atoms. The van der Waals surface area contributed by atoms with Crippen molar-refractivity contribution >= 4 is 26.0 Å². The Kier molecular flexibility index (Phi) is 4.36. The van der Waals surface area contributed by atoms with Crippen molar-refractivity contribution in [3.05, 3.63) is 28.2 Å². The van der Waals surface area contributed by atoms with Gasteiger partial charge in [0.2, 0.25) is 10.0 Å². The summed E-state index contributed by atoms with van der Waals surface area (Å²) in [6, 6.07) is 1.37. The summed E-state index contributed by atoms with van der Waals surface area (Å²) in [6.45, 7) is 0.0271. The van der Waals surface area contributed by atoms with Gasteiger partial charge in [0.25, 0.3) is 0 Å². The van der Waals surface area contributed by atoms with E-state index in [4.69, 9.17) is 5.73 Å². The Bertz CT molecular complexity index is 493. The fourth-order valence-corrected chi connectivity index (χ4v) is 2.41. The van der Waals surface area contributed by atoms with E-state index in [1.165, 1.54) is 0 Å². The molecular formula is C8H9BrF2N2O2S. The zero-order valence-corrected chi connectivity index (χ0v) is 10.4. The molecule has 1 aromatic rings. The summed E-state index contributed by atoms with van der Waals surface area (Å²) in [5.74, 6) is -1.88. The molecule has 0 aliphatic carbocycles. The molecule has 0 unspecified atom stereocenters. The first-order chi connectivity index (χ1) is 7.38. The summed E-state index contributed by atoms with van der Waals surface area (Å²) in [5, 5.41) is 0. The van der Waals surface area contributed by atoms with Crippen molar-refractivity contribution in [1.29, 1.82) is 0 Å². The molecule has 0 aliphatic rings. The van der Waals surface area contributed by atoms with Gasteiger partial charge in [0, 0.05) is 13.1 Å². The predicted molar refractivity (Wildman–Crippen MR) is 58.3 cm³/mol. The maximum Gasteiger partial charge on any atom is 0.243 e. The molecule has 3 N–H and O–H groups in total. The van der Waals surface area contributed by atoms with Gasteiger partial charge >= 0.3 is 0 Å². The lowest BCUT2D eigenvalue weighted by atomic mass is 10.3. The topological polar surface area (TPSA) is 72.2 Å². The van der Waals surface area contributed by atoms with E-state index < -0.39 is 26.6 Å². The number of nitrogens with two attached hydrogens (primary N) is 1. The lowest BCUT2D eigenvalue weighted by molar-refractivity contribution is 0.544. The first-order valence-electron chi connectivity index (χ1n) is 4.23. The number of benzene rings is 1. The molecule has 8 heteroatoms. The predicted octanol–water partition coefficient (Wildman–Crippen LogP) is 0.964. The standard InChI is InChI=1S/C8H9BrF2N2O2S/c9-5-3-7(11)8(4-6(5)10)16(14,15)13-2-1-12/h3-4,13H,1-2,12H2. The SMILES string of the molecule is NCCNS(=O)(=O)c1cc(F)c(Br)cc1F. The van der Waals surface area contributed by atoms with Crippen LogP contribution in [-0.4, -0.2) is 21.5 Å². The van der Waals surface area contributed by atoms with Crippen LogP contribution in [0, 0.1) is 11.6 Å². The summed E-state index contributed by atoms with van der Waals surface area (Å²) in [6.07, 6.45) is 0. The fraction of sp³-hybridized carbons (Fsp3) is 0.250. The van der Waals surface area contributed by atoms with E-state index in [0.29, 0.717) is 6.07 Å². The maximum atomic E-state index is 13.3. The average molecular weight is 315 g/mol. The molecule has 0 spiro atoms. The van der Waals surface area contributed by atoms with Gasteiger partial charge in [0.1, 0.15) is 16.5 Å². The van der Waals surface area contributed by atoms with Gasteiger partial charge in [-0.25, -0.2) is 21.9 Å². The van der Waals surface area contributed by atoms with E-state index in [1.54, 1.807) is 0 Å². The Labute approximate surface area is 100 Å². The number of hydrogen-bond donors (Lipinski definition) is 2. The highest BCUT2D eigenvalue weighted by Gasteiger charge is 2.20. The molecule has 0 aliphatic heterocycles. The largest absolute Gasteiger partial charge is 0.329 e. The van der Waals surface area contributed by atoms with Gasteiger partial charge < -0.3 is 5.73 Å². The van der Waals surface area contributed by atoms with Gasteiger partial charge in [-0.15, -0.1) is 0 Å². The van der Waals surface area contributed by atoms with E-state index in [1.807, 2.05) is 4.72 Å². The molecule has 1 rings (SSSR count). The second-order valence-corrected chi connectivity index (χ2v) is 5.47. The molecule has 90 valence electrons. The smallest absolute Gasteiger partial charge is 0.243 e. The Morgan fingerprint density at radius 3 is 2.50 bits per heavy atom. The third kappa shape index (κ3) is 2.97. The van der Waals surface area contributed by atoms with Crippen molar-refractivity contribution in [3.8, 4) is 0 Å². The molecule has 0 radical (unpaired) electrons. The highest BCUT2D eigenvalue weighted by atomic mass is 79.9. The molecule has 0 amide bonds. The highest BCUT2D eigenvalue weighted by Crippen LogP contribution is 2.22. The van der Waals surface area contributed by atoms with E-state index in [0.717, 1.165) is 6.07 Å².